The Bertz CT molecular complexity index is 692. The summed E-state index contributed by atoms with van der Waals surface area (Å²) < 4.78 is 5.05. The zero-order chi connectivity index (χ0) is 18.8. The summed E-state index contributed by atoms with van der Waals surface area (Å²) >= 11 is 0. The van der Waals surface area contributed by atoms with Crippen LogP contribution in [-0.2, 0) is 4.74 Å². The Kier molecular flexibility index (Phi) is 7.98. The zero-order valence-electron chi connectivity index (χ0n) is 15.7. The highest BCUT2D eigenvalue weighted by Crippen LogP contribution is 2.17. The molecule has 0 saturated carbocycles. The van der Waals surface area contributed by atoms with Crippen molar-refractivity contribution in [1.82, 2.24) is 20.2 Å². The minimum absolute atomic E-state index is 0.196. The average Bonchev–Trinajstić information content (AvgIpc) is 2.65. The van der Waals surface area contributed by atoms with Gasteiger partial charge in [-0.25, -0.2) is 9.97 Å². The van der Waals surface area contributed by atoms with E-state index >= 15 is 0 Å². The van der Waals surface area contributed by atoms with Gasteiger partial charge >= 0.3 is 0 Å². The lowest BCUT2D eigenvalue weighted by Gasteiger charge is -2.12. The Morgan fingerprint density at radius 2 is 1.92 bits per heavy atom. The highest BCUT2D eigenvalue weighted by Gasteiger charge is 2.12. The molecule has 7 nitrogen and oxygen atoms in total. The monoisotopic (exact) mass is 357 g/mol. The van der Waals surface area contributed by atoms with Crippen LogP contribution in [-0.4, -0.2) is 68.2 Å². The van der Waals surface area contributed by atoms with Gasteiger partial charge in [0.1, 0.15) is 11.5 Å². The second-order valence-electron chi connectivity index (χ2n) is 6.16. The topological polar surface area (TPSA) is 79.4 Å². The molecule has 26 heavy (non-hydrogen) atoms. The predicted molar refractivity (Wildman–Crippen MR) is 103 cm³/mol. The third-order valence-corrected chi connectivity index (χ3v) is 3.67. The number of rotatable bonds is 10. The van der Waals surface area contributed by atoms with Gasteiger partial charge in [0.25, 0.3) is 5.91 Å². The quantitative estimate of drug-likeness (QED) is 0.632. The van der Waals surface area contributed by atoms with Gasteiger partial charge in [-0.15, -0.1) is 0 Å². The van der Waals surface area contributed by atoms with Crippen molar-refractivity contribution in [3.63, 3.8) is 0 Å². The molecule has 0 aliphatic rings. The fourth-order valence-electron chi connectivity index (χ4n) is 2.34. The molecule has 1 aromatic carbocycles. The molecule has 1 amide bonds. The van der Waals surface area contributed by atoms with E-state index in [1.807, 2.05) is 44.4 Å². The van der Waals surface area contributed by atoms with Gasteiger partial charge in [0.05, 0.1) is 6.61 Å². The zero-order valence-corrected chi connectivity index (χ0v) is 15.7. The van der Waals surface area contributed by atoms with Crippen LogP contribution in [0.3, 0.4) is 0 Å². The molecule has 7 heteroatoms. The maximum absolute atomic E-state index is 12.5. The standard InChI is InChI=1S/C19H27N5O2/c1-24(2)12-7-10-21-19(25)16-14-17(20-11-13-26-3)23-18(22-16)15-8-5-4-6-9-15/h4-6,8-9,14H,7,10-13H2,1-3H3,(H,21,25)(H,20,22,23). The van der Waals surface area contributed by atoms with E-state index in [0.29, 0.717) is 37.0 Å². The smallest absolute Gasteiger partial charge is 0.270 e. The van der Waals surface area contributed by atoms with E-state index in [0.717, 1.165) is 18.5 Å². The molecular formula is C19H27N5O2. The molecule has 0 saturated heterocycles. The Hall–Kier alpha value is -2.51. The maximum atomic E-state index is 12.5. The van der Waals surface area contributed by atoms with Crippen molar-refractivity contribution in [3.05, 3.63) is 42.1 Å². The number of aromatic nitrogens is 2. The van der Waals surface area contributed by atoms with Gasteiger partial charge < -0.3 is 20.3 Å². The lowest BCUT2D eigenvalue weighted by Crippen LogP contribution is -2.28. The highest BCUT2D eigenvalue weighted by molar-refractivity contribution is 5.93. The van der Waals surface area contributed by atoms with Gasteiger partial charge in [-0.1, -0.05) is 30.3 Å². The predicted octanol–water partition coefficient (Wildman–Crippen LogP) is 1.88. The Labute approximate surface area is 154 Å². The first-order valence-electron chi connectivity index (χ1n) is 8.70. The molecule has 0 bridgehead atoms. The number of nitrogens with zero attached hydrogens (tertiary/aromatic N) is 3. The number of methoxy groups -OCH3 is 1. The van der Waals surface area contributed by atoms with Crippen molar-refractivity contribution in [2.24, 2.45) is 0 Å². The third kappa shape index (κ3) is 6.42. The van der Waals surface area contributed by atoms with E-state index in [9.17, 15) is 4.79 Å². The molecule has 0 atom stereocenters. The molecule has 140 valence electrons. The molecule has 0 fully saturated rings. The summed E-state index contributed by atoms with van der Waals surface area (Å²) in [6.07, 6.45) is 0.883. The normalized spacial score (nSPS) is 10.8. The van der Waals surface area contributed by atoms with Crippen LogP contribution >= 0.6 is 0 Å². The molecule has 2 aromatic rings. The first-order valence-corrected chi connectivity index (χ1v) is 8.70. The van der Waals surface area contributed by atoms with E-state index in [1.54, 1.807) is 13.2 Å². The molecule has 2 N–H and O–H groups in total. The van der Waals surface area contributed by atoms with Crippen molar-refractivity contribution in [2.75, 3.05) is 52.8 Å². The Balaban J connectivity index is 2.15. The van der Waals surface area contributed by atoms with Crippen LogP contribution in [0.15, 0.2) is 36.4 Å². The SMILES string of the molecule is COCCNc1cc(C(=O)NCCCN(C)C)nc(-c2ccccc2)n1. The highest BCUT2D eigenvalue weighted by atomic mass is 16.5. The van der Waals surface area contributed by atoms with E-state index in [-0.39, 0.29) is 5.91 Å². The minimum atomic E-state index is -0.196. The lowest BCUT2D eigenvalue weighted by atomic mass is 10.2. The summed E-state index contributed by atoms with van der Waals surface area (Å²) in [5, 5.41) is 6.09. The molecule has 0 unspecified atom stereocenters. The van der Waals surface area contributed by atoms with Crippen LogP contribution in [0.5, 0.6) is 0 Å². The molecule has 0 aliphatic carbocycles. The number of benzene rings is 1. The van der Waals surface area contributed by atoms with Crippen molar-refractivity contribution >= 4 is 11.7 Å². The fraction of sp³-hybridized carbons (Fsp3) is 0.421. The van der Waals surface area contributed by atoms with Gasteiger partial charge in [0.15, 0.2) is 5.82 Å². The summed E-state index contributed by atoms with van der Waals surface area (Å²) in [6, 6.07) is 11.3. The first kappa shape index (κ1) is 19.8. The molecule has 1 aromatic heterocycles. The van der Waals surface area contributed by atoms with Gasteiger partial charge in [0, 0.05) is 31.8 Å². The summed E-state index contributed by atoms with van der Waals surface area (Å²) in [5.41, 5.74) is 1.22. The summed E-state index contributed by atoms with van der Waals surface area (Å²) in [6.45, 7) is 2.68. The number of hydrogen-bond donors (Lipinski definition) is 2. The summed E-state index contributed by atoms with van der Waals surface area (Å²) in [4.78, 5) is 23.5. The van der Waals surface area contributed by atoms with Crippen molar-refractivity contribution in [1.29, 1.82) is 0 Å². The van der Waals surface area contributed by atoms with E-state index < -0.39 is 0 Å². The lowest BCUT2D eigenvalue weighted by molar-refractivity contribution is 0.0947. The van der Waals surface area contributed by atoms with Crippen LogP contribution in [0.2, 0.25) is 0 Å². The molecule has 0 radical (unpaired) electrons. The fourth-order valence-corrected chi connectivity index (χ4v) is 2.34. The van der Waals surface area contributed by atoms with Crippen LogP contribution in [0.1, 0.15) is 16.9 Å². The van der Waals surface area contributed by atoms with Crippen LogP contribution in [0.25, 0.3) is 11.4 Å². The van der Waals surface area contributed by atoms with Gasteiger partial charge in [-0.05, 0) is 27.1 Å². The molecule has 0 aliphatic heterocycles. The number of anilines is 1. The number of ether oxygens (including phenoxy) is 1. The number of carbonyl (C=O) groups is 1. The number of amides is 1. The number of hydrogen-bond acceptors (Lipinski definition) is 6. The van der Waals surface area contributed by atoms with E-state index in [1.165, 1.54) is 0 Å². The molecule has 1 heterocycles. The van der Waals surface area contributed by atoms with Crippen LogP contribution in [0.4, 0.5) is 5.82 Å². The van der Waals surface area contributed by atoms with Crippen molar-refractivity contribution in [2.45, 2.75) is 6.42 Å². The number of nitrogens with one attached hydrogen (secondary N) is 2. The summed E-state index contributed by atoms with van der Waals surface area (Å²) in [7, 11) is 5.66. The molecule has 0 spiro atoms. The van der Waals surface area contributed by atoms with Crippen LogP contribution < -0.4 is 10.6 Å². The molecule has 2 rings (SSSR count). The van der Waals surface area contributed by atoms with Gasteiger partial charge in [0.2, 0.25) is 0 Å². The maximum Gasteiger partial charge on any atom is 0.270 e. The summed E-state index contributed by atoms with van der Waals surface area (Å²) in [5.74, 6) is 0.930. The van der Waals surface area contributed by atoms with Gasteiger partial charge in [-0.2, -0.15) is 0 Å². The number of carbonyl (C=O) groups excluding carboxylic acids is 1. The van der Waals surface area contributed by atoms with Crippen molar-refractivity contribution in [3.8, 4) is 11.4 Å². The molecular weight excluding hydrogens is 330 g/mol. The largest absolute Gasteiger partial charge is 0.383 e. The van der Waals surface area contributed by atoms with Crippen molar-refractivity contribution < 1.29 is 9.53 Å². The minimum Gasteiger partial charge on any atom is -0.383 e. The second-order valence-corrected chi connectivity index (χ2v) is 6.16. The Morgan fingerprint density at radius 1 is 1.15 bits per heavy atom. The Morgan fingerprint density at radius 3 is 2.62 bits per heavy atom. The van der Waals surface area contributed by atoms with E-state index in [4.69, 9.17) is 4.74 Å². The van der Waals surface area contributed by atoms with E-state index in [2.05, 4.69) is 25.5 Å². The van der Waals surface area contributed by atoms with Crippen LogP contribution in [0, 0.1) is 0 Å². The second kappa shape index (κ2) is 10.5. The van der Waals surface area contributed by atoms with Gasteiger partial charge in [-0.3, -0.25) is 4.79 Å². The average molecular weight is 357 g/mol. The third-order valence-electron chi connectivity index (χ3n) is 3.67. The first-order chi connectivity index (χ1) is 12.6.